The maximum Gasteiger partial charge on any atom is 0.193 e. The molecule has 2 aromatic rings. The lowest BCUT2D eigenvalue weighted by Crippen LogP contribution is -2.24. The van der Waals surface area contributed by atoms with E-state index in [1.54, 1.807) is 0 Å². The Labute approximate surface area is 148 Å². The van der Waals surface area contributed by atoms with Gasteiger partial charge in [-0.1, -0.05) is 37.2 Å². The summed E-state index contributed by atoms with van der Waals surface area (Å²) in [5.41, 5.74) is 10.4. The molecule has 1 aromatic heterocycles. The topological polar surface area (TPSA) is 76.4 Å². The third-order valence-electron chi connectivity index (χ3n) is 3.33. The molecule has 0 saturated heterocycles. The maximum atomic E-state index is 5.98. The molecule has 0 fully saturated rings. The highest BCUT2D eigenvalue weighted by molar-refractivity contribution is 14.0. The van der Waals surface area contributed by atoms with Crippen LogP contribution in [-0.4, -0.2) is 11.1 Å². The number of benzene rings is 1. The number of nitrogens with two attached hydrogens (primary N) is 1. The first kappa shape index (κ1) is 18.5. The molecule has 0 saturated carbocycles. The third kappa shape index (κ3) is 4.72. The zero-order chi connectivity index (χ0) is 15.2. The molecule has 0 radical (unpaired) electrons. The van der Waals surface area contributed by atoms with Crippen molar-refractivity contribution >= 4 is 35.6 Å². The number of anilines is 1. The molecule has 5 nitrogen and oxygen atoms in total. The lowest BCUT2D eigenvalue weighted by Gasteiger charge is -2.14. The van der Waals surface area contributed by atoms with E-state index in [4.69, 9.17) is 10.3 Å². The molecule has 0 amide bonds. The molecule has 0 atom stereocenters. The summed E-state index contributed by atoms with van der Waals surface area (Å²) in [6, 6.07) is 8.14. The van der Waals surface area contributed by atoms with Gasteiger partial charge in [-0.15, -0.1) is 24.0 Å². The summed E-state index contributed by atoms with van der Waals surface area (Å²) in [7, 11) is 0. The summed E-state index contributed by atoms with van der Waals surface area (Å²) < 4.78 is 5.11. The Morgan fingerprint density at radius 2 is 1.91 bits per heavy atom. The van der Waals surface area contributed by atoms with Gasteiger partial charge in [0, 0.05) is 11.8 Å². The van der Waals surface area contributed by atoms with Crippen LogP contribution in [0.3, 0.4) is 0 Å². The van der Waals surface area contributed by atoms with Crippen molar-refractivity contribution in [3.8, 4) is 0 Å². The molecule has 22 heavy (non-hydrogen) atoms. The Balaban J connectivity index is 0.00000242. The number of hydrogen-bond donors (Lipinski definition) is 2. The number of nitrogens with zero attached hydrogens (tertiary/aromatic N) is 2. The average Bonchev–Trinajstić information content (AvgIpc) is 2.91. The quantitative estimate of drug-likeness (QED) is 0.445. The van der Waals surface area contributed by atoms with E-state index in [0.29, 0.717) is 18.3 Å². The van der Waals surface area contributed by atoms with Crippen LogP contribution >= 0.6 is 24.0 Å². The van der Waals surface area contributed by atoms with Crippen molar-refractivity contribution < 1.29 is 4.52 Å². The largest absolute Gasteiger partial charge is 0.370 e. The van der Waals surface area contributed by atoms with E-state index in [-0.39, 0.29) is 24.0 Å². The average molecular weight is 414 g/mol. The zero-order valence-corrected chi connectivity index (χ0v) is 15.5. The highest BCUT2D eigenvalue weighted by atomic mass is 127. The fourth-order valence-corrected chi connectivity index (χ4v) is 2.22. The minimum Gasteiger partial charge on any atom is -0.370 e. The summed E-state index contributed by atoms with van der Waals surface area (Å²) >= 11 is 0. The molecule has 1 aromatic carbocycles. The van der Waals surface area contributed by atoms with Crippen molar-refractivity contribution in [3.05, 3.63) is 46.8 Å². The van der Waals surface area contributed by atoms with Gasteiger partial charge in [0.1, 0.15) is 6.54 Å². The SMILES string of the molecule is CCc1cccc(CC)c1NC(N)=NCc1cc(C)no1.I. The molecule has 1 heterocycles. The van der Waals surface area contributed by atoms with Crippen molar-refractivity contribution in [2.24, 2.45) is 10.7 Å². The van der Waals surface area contributed by atoms with E-state index in [2.05, 4.69) is 47.5 Å². The minimum atomic E-state index is 0. The number of aromatic nitrogens is 1. The van der Waals surface area contributed by atoms with Crippen LogP contribution in [0.4, 0.5) is 5.69 Å². The number of para-hydroxylation sites is 1. The van der Waals surface area contributed by atoms with E-state index in [1.807, 2.05) is 13.0 Å². The lowest BCUT2D eigenvalue weighted by atomic mass is 10.0. The Hall–Kier alpha value is -1.57. The van der Waals surface area contributed by atoms with Crippen LogP contribution in [0.2, 0.25) is 0 Å². The molecular weight excluding hydrogens is 391 g/mol. The first-order valence-corrected chi connectivity index (χ1v) is 7.24. The molecule has 0 aliphatic heterocycles. The van der Waals surface area contributed by atoms with Crippen molar-refractivity contribution in [3.63, 3.8) is 0 Å². The second kappa shape index (κ2) is 8.77. The second-order valence-electron chi connectivity index (χ2n) is 4.92. The predicted octanol–water partition coefficient (Wildman–Crippen LogP) is 3.65. The van der Waals surface area contributed by atoms with Crippen LogP contribution in [0.1, 0.15) is 36.4 Å². The van der Waals surface area contributed by atoms with Gasteiger partial charge in [0.2, 0.25) is 0 Å². The molecule has 0 bridgehead atoms. The van der Waals surface area contributed by atoms with Crippen LogP contribution in [0.15, 0.2) is 33.8 Å². The van der Waals surface area contributed by atoms with E-state index < -0.39 is 0 Å². The van der Waals surface area contributed by atoms with Gasteiger partial charge < -0.3 is 15.6 Å². The maximum absolute atomic E-state index is 5.98. The summed E-state index contributed by atoms with van der Waals surface area (Å²) in [4.78, 5) is 4.30. The van der Waals surface area contributed by atoms with Crippen LogP contribution in [0, 0.1) is 6.92 Å². The molecule has 0 unspecified atom stereocenters. The lowest BCUT2D eigenvalue weighted by molar-refractivity contribution is 0.381. The number of aliphatic imine (C=N–C) groups is 1. The molecule has 0 aliphatic rings. The monoisotopic (exact) mass is 414 g/mol. The van der Waals surface area contributed by atoms with Crippen molar-refractivity contribution in [1.29, 1.82) is 0 Å². The van der Waals surface area contributed by atoms with Crippen LogP contribution in [-0.2, 0) is 19.4 Å². The van der Waals surface area contributed by atoms with Gasteiger partial charge in [-0.2, -0.15) is 0 Å². The molecule has 0 aliphatic carbocycles. The van der Waals surface area contributed by atoms with Crippen molar-refractivity contribution in [2.75, 3.05) is 5.32 Å². The normalized spacial score (nSPS) is 11.1. The van der Waals surface area contributed by atoms with Crippen LogP contribution in [0.5, 0.6) is 0 Å². The summed E-state index contributed by atoms with van der Waals surface area (Å²) in [6.45, 7) is 6.52. The Kier molecular flexibility index (Phi) is 7.37. The van der Waals surface area contributed by atoms with Gasteiger partial charge in [0.05, 0.1) is 5.69 Å². The number of aryl methyl sites for hydroxylation is 3. The third-order valence-corrected chi connectivity index (χ3v) is 3.33. The molecule has 6 heteroatoms. The van der Waals surface area contributed by atoms with Gasteiger partial charge in [-0.25, -0.2) is 4.99 Å². The molecule has 120 valence electrons. The van der Waals surface area contributed by atoms with Crippen LogP contribution < -0.4 is 11.1 Å². The highest BCUT2D eigenvalue weighted by Crippen LogP contribution is 2.22. The predicted molar refractivity (Wildman–Crippen MR) is 101 cm³/mol. The second-order valence-corrected chi connectivity index (χ2v) is 4.92. The fraction of sp³-hybridized carbons (Fsp3) is 0.375. The summed E-state index contributed by atoms with van der Waals surface area (Å²) in [5.74, 6) is 1.09. The Morgan fingerprint density at radius 1 is 1.27 bits per heavy atom. The standard InChI is InChI=1S/C16H22N4O.HI/c1-4-12-7-6-8-13(5-2)15(12)19-16(17)18-10-14-9-11(3)20-21-14;/h6-9H,4-5,10H2,1-3H3,(H3,17,18,19);1H. The number of halogens is 1. The van der Waals surface area contributed by atoms with Crippen molar-refractivity contribution in [1.82, 2.24) is 5.16 Å². The van der Waals surface area contributed by atoms with Gasteiger partial charge in [0.25, 0.3) is 0 Å². The summed E-state index contributed by atoms with van der Waals surface area (Å²) in [5, 5.41) is 7.05. The Bertz CT molecular complexity index is 615. The van der Waals surface area contributed by atoms with Gasteiger partial charge in [-0.3, -0.25) is 0 Å². The minimum absolute atomic E-state index is 0. The molecule has 2 rings (SSSR count). The fourth-order valence-electron chi connectivity index (χ4n) is 2.22. The highest BCUT2D eigenvalue weighted by Gasteiger charge is 2.07. The number of nitrogens with one attached hydrogen (secondary N) is 1. The van der Waals surface area contributed by atoms with Crippen molar-refractivity contribution in [2.45, 2.75) is 40.2 Å². The van der Waals surface area contributed by atoms with Gasteiger partial charge >= 0.3 is 0 Å². The number of guanidine groups is 1. The van der Waals surface area contributed by atoms with E-state index >= 15 is 0 Å². The zero-order valence-electron chi connectivity index (χ0n) is 13.2. The number of hydrogen-bond acceptors (Lipinski definition) is 3. The number of rotatable bonds is 5. The van der Waals surface area contributed by atoms with Gasteiger partial charge in [0.15, 0.2) is 11.7 Å². The summed E-state index contributed by atoms with van der Waals surface area (Å²) in [6.07, 6.45) is 1.90. The van der Waals surface area contributed by atoms with E-state index in [1.165, 1.54) is 11.1 Å². The Morgan fingerprint density at radius 3 is 2.41 bits per heavy atom. The smallest absolute Gasteiger partial charge is 0.193 e. The van der Waals surface area contributed by atoms with E-state index in [9.17, 15) is 0 Å². The molecular formula is C16H23IN4O. The first-order chi connectivity index (χ1) is 10.1. The molecule has 0 spiro atoms. The molecule has 3 N–H and O–H groups in total. The van der Waals surface area contributed by atoms with Crippen LogP contribution in [0.25, 0.3) is 0 Å². The van der Waals surface area contributed by atoms with E-state index in [0.717, 1.165) is 24.2 Å². The van der Waals surface area contributed by atoms with Gasteiger partial charge in [-0.05, 0) is 30.9 Å². The first-order valence-electron chi connectivity index (χ1n) is 7.24.